The van der Waals surface area contributed by atoms with Crippen LogP contribution in [0.5, 0.6) is 5.75 Å². The number of hydrogen-bond acceptors (Lipinski definition) is 19. The van der Waals surface area contributed by atoms with E-state index in [9.17, 15) is 38.7 Å². The first-order valence-electron chi connectivity index (χ1n) is 27.1. The fraction of sp³-hybridized carbons (Fsp3) is 0.833. The van der Waals surface area contributed by atoms with E-state index >= 15 is 0 Å². The van der Waals surface area contributed by atoms with E-state index in [-0.39, 0.29) is 42.8 Å². The number of ether oxygens (including phenoxy) is 7. The number of sulfone groups is 1. The van der Waals surface area contributed by atoms with Crippen molar-refractivity contribution < 1.29 is 71.9 Å². The smallest absolute Gasteiger partial charge is 0.311 e. The molecule has 5 rings (SSSR count). The Bertz CT molecular complexity index is 2200. The van der Waals surface area contributed by atoms with Crippen LogP contribution in [0.2, 0.25) is 0 Å². The maximum Gasteiger partial charge on any atom is 0.311 e. The molecule has 18 atom stereocenters. The van der Waals surface area contributed by atoms with Crippen LogP contribution in [-0.4, -0.2) is 208 Å². The molecular weight excluding hydrogens is 991 g/mol. The minimum absolute atomic E-state index is 0.0244. The molecule has 0 bridgehead atoms. The summed E-state index contributed by atoms with van der Waals surface area (Å²) in [6, 6.07) is 5.44. The number of carbonyl (C=O) groups excluding carboxylic acids is 1. The molecular formula is C54H93N5O15S. The van der Waals surface area contributed by atoms with Crippen LogP contribution in [0, 0.1) is 17.8 Å². The van der Waals surface area contributed by atoms with E-state index in [2.05, 4.69) is 15.2 Å². The second-order valence-electron chi connectivity index (χ2n) is 23.1. The summed E-state index contributed by atoms with van der Waals surface area (Å²) in [7, 11) is 1.93. The van der Waals surface area contributed by atoms with Gasteiger partial charge in [-0.15, -0.1) is 5.10 Å². The number of aryl methyl sites for hydroxylation is 1. The summed E-state index contributed by atoms with van der Waals surface area (Å²) in [5.41, 5.74) is -3.63. The number of hydrogen-bond donors (Lipinski definition) is 5. The van der Waals surface area contributed by atoms with Crippen LogP contribution in [0.1, 0.15) is 121 Å². The third-order valence-corrected chi connectivity index (χ3v) is 18.4. The summed E-state index contributed by atoms with van der Waals surface area (Å²) in [4.78, 5) is 18.7. The largest absolute Gasteiger partial charge is 0.494 e. The standard InChI is InChI=1S/C54H93N5O15S/c1-16-44-54(12,65)47(61)37(8)58(14)29-33(4)27-52(10,64)49(35(6)46(36(7)50(63)73-44)70-31-41-28-53(11,68-15)48(62)38(9)72-41)74-51-45(60)43(26-34(5)71-51)57(13)24-22-39-30-59(56-55-39)23-17-25-69-40-18-20-42(21-19-40)75(66,67)32(2)3/h18-21,30,32-38,41,43-49,51,60-62,64-65H,16-17,22-29,31H2,1-15H3/t33-,34-,35+,36-,37-,38+,41-,43+,44-,45-,46+,47-,48+,49-,51+,52-,53-,54-/m1/s1. The first-order valence-corrected chi connectivity index (χ1v) is 28.6. The maximum absolute atomic E-state index is 14.5. The number of aliphatic hydroxyl groups is 5. The van der Waals surface area contributed by atoms with E-state index in [4.69, 9.17) is 33.2 Å². The molecule has 20 nitrogen and oxygen atoms in total. The number of aromatic nitrogens is 3. The highest BCUT2D eigenvalue weighted by Gasteiger charge is 2.52. The average molecular weight is 1080 g/mol. The summed E-state index contributed by atoms with van der Waals surface area (Å²) in [6.45, 7) is 22.9. The van der Waals surface area contributed by atoms with Crippen LogP contribution in [0.3, 0.4) is 0 Å². The second-order valence-corrected chi connectivity index (χ2v) is 25.6. The van der Waals surface area contributed by atoms with Crippen molar-refractivity contribution in [3.05, 3.63) is 36.2 Å². The highest BCUT2D eigenvalue weighted by atomic mass is 32.2. The van der Waals surface area contributed by atoms with Gasteiger partial charge >= 0.3 is 5.97 Å². The van der Waals surface area contributed by atoms with Crippen molar-refractivity contribution in [1.29, 1.82) is 0 Å². The molecule has 0 aliphatic carbocycles. The van der Waals surface area contributed by atoms with Crippen molar-refractivity contribution in [3.8, 4) is 5.75 Å². The Hall–Kier alpha value is -2.90. The van der Waals surface area contributed by atoms with Gasteiger partial charge in [0.2, 0.25) is 0 Å². The third-order valence-electron chi connectivity index (χ3n) is 16.3. The molecule has 0 unspecified atom stereocenters. The van der Waals surface area contributed by atoms with Crippen molar-refractivity contribution in [2.75, 3.05) is 47.5 Å². The van der Waals surface area contributed by atoms with E-state index in [1.807, 2.05) is 52.9 Å². The Balaban J connectivity index is 1.34. The summed E-state index contributed by atoms with van der Waals surface area (Å²) in [5.74, 6) is -2.10. The van der Waals surface area contributed by atoms with Gasteiger partial charge < -0.3 is 68.5 Å². The number of esters is 1. The van der Waals surface area contributed by atoms with Gasteiger partial charge in [-0.05, 0) is 126 Å². The molecule has 3 fully saturated rings. The van der Waals surface area contributed by atoms with Crippen LogP contribution in [-0.2, 0) is 56.0 Å². The van der Waals surface area contributed by atoms with Crippen molar-refractivity contribution in [1.82, 2.24) is 24.8 Å². The van der Waals surface area contributed by atoms with Crippen molar-refractivity contribution in [2.24, 2.45) is 17.8 Å². The summed E-state index contributed by atoms with van der Waals surface area (Å²) in [6.07, 6.45) is -5.09. The molecule has 430 valence electrons. The van der Waals surface area contributed by atoms with Crippen molar-refractivity contribution >= 4 is 15.8 Å². The molecule has 3 aliphatic rings. The first-order chi connectivity index (χ1) is 35.0. The molecule has 0 amide bonds. The molecule has 2 aromatic rings. The molecule has 0 spiro atoms. The van der Waals surface area contributed by atoms with Crippen molar-refractivity contribution in [3.63, 3.8) is 0 Å². The minimum atomic E-state index is -3.37. The van der Waals surface area contributed by atoms with E-state index in [0.29, 0.717) is 51.3 Å². The molecule has 5 N–H and O–H groups in total. The Morgan fingerprint density at radius 3 is 2.27 bits per heavy atom. The summed E-state index contributed by atoms with van der Waals surface area (Å²) < 4.78 is 70.8. The Morgan fingerprint density at radius 1 is 0.973 bits per heavy atom. The molecule has 4 heterocycles. The zero-order valence-corrected chi connectivity index (χ0v) is 48.2. The highest BCUT2D eigenvalue weighted by molar-refractivity contribution is 7.92. The van der Waals surface area contributed by atoms with Gasteiger partial charge in [-0.1, -0.05) is 26.0 Å². The summed E-state index contributed by atoms with van der Waals surface area (Å²) in [5, 5.41) is 67.8. The van der Waals surface area contributed by atoms with Gasteiger partial charge in [-0.25, -0.2) is 8.42 Å². The Kier molecular flexibility index (Phi) is 22.1. The number of aliphatic hydroxyl groups excluding tert-OH is 3. The lowest BCUT2D eigenvalue weighted by molar-refractivity contribution is -0.301. The van der Waals surface area contributed by atoms with Gasteiger partial charge in [-0.3, -0.25) is 9.48 Å². The minimum Gasteiger partial charge on any atom is -0.494 e. The number of carbonyl (C=O) groups is 1. The fourth-order valence-corrected chi connectivity index (χ4v) is 12.5. The van der Waals surface area contributed by atoms with E-state index in [1.54, 1.807) is 77.4 Å². The molecule has 3 saturated heterocycles. The SMILES string of the molecule is CC[C@H]1OC(=O)[C@H](C)[C@@H](OC[C@H]2C[C@@](C)(OC)[C@@H](O)[C@H](C)O2)[C@H](C)[C@@H](O[C@@H]2O[C@H](C)C[C@H](N(C)CCc3cn(CCCOc4ccc(S(=O)(=O)C(C)C)cc4)nn3)[C@H]2O)[C@](C)(O)C[C@@H](C)CN(C)[C@H](C)[C@@H](O)[C@]1(C)O. The van der Waals surface area contributed by atoms with E-state index < -0.39 is 117 Å². The molecule has 1 aromatic carbocycles. The van der Waals surface area contributed by atoms with Gasteiger partial charge in [0.15, 0.2) is 16.1 Å². The predicted molar refractivity (Wildman–Crippen MR) is 281 cm³/mol. The second kappa shape index (κ2) is 26.4. The lowest BCUT2D eigenvalue weighted by atomic mass is 9.77. The van der Waals surface area contributed by atoms with Crippen LogP contribution < -0.4 is 4.74 Å². The summed E-state index contributed by atoms with van der Waals surface area (Å²) >= 11 is 0. The fourth-order valence-electron chi connectivity index (χ4n) is 11.4. The number of likely N-dealkylation sites (N-methyl/N-ethyl adjacent to an activating group) is 2. The number of benzene rings is 1. The normalized spacial score (nSPS) is 38.3. The Labute approximate surface area is 446 Å². The molecule has 21 heteroatoms. The maximum atomic E-state index is 14.5. The first kappa shape index (κ1) is 62.9. The predicted octanol–water partition coefficient (Wildman–Crippen LogP) is 3.80. The zero-order chi connectivity index (χ0) is 56.0. The molecule has 3 aliphatic heterocycles. The van der Waals surface area contributed by atoms with Crippen LogP contribution in [0.25, 0.3) is 0 Å². The van der Waals surface area contributed by atoms with E-state index in [0.717, 1.165) is 5.69 Å². The number of rotatable bonds is 18. The molecule has 0 radical (unpaired) electrons. The number of nitrogens with zero attached hydrogens (tertiary/aromatic N) is 5. The van der Waals surface area contributed by atoms with Gasteiger partial charge in [0.1, 0.15) is 35.8 Å². The quantitative estimate of drug-likeness (QED) is 0.105. The monoisotopic (exact) mass is 1080 g/mol. The lowest BCUT2D eigenvalue weighted by Gasteiger charge is -2.48. The lowest BCUT2D eigenvalue weighted by Crippen LogP contribution is -2.60. The van der Waals surface area contributed by atoms with E-state index in [1.165, 1.54) is 14.0 Å². The highest BCUT2D eigenvalue weighted by Crippen LogP contribution is 2.39. The number of cyclic esters (lactones) is 1. The topological polar surface area (TPSA) is 254 Å². The number of methoxy groups -OCH3 is 1. The molecule has 1 aromatic heterocycles. The van der Waals surface area contributed by atoms with Gasteiger partial charge in [-0.2, -0.15) is 0 Å². The third kappa shape index (κ3) is 15.5. The molecule has 75 heavy (non-hydrogen) atoms. The van der Waals surface area contributed by atoms with Crippen LogP contribution >= 0.6 is 0 Å². The molecule has 0 saturated carbocycles. The van der Waals surface area contributed by atoms with Gasteiger partial charge in [0.25, 0.3) is 0 Å². The average Bonchev–Trinajstić information content (AvgIpc) is 3.81. The zero-order valence-electron chi connectivity index (χ0n) is 47.4. The van der Waals surface area contributed by atoms with Crippen molar-refractivity contribution in [2.45, 2.75) is 228 Å². The van der Waals surface area contributed by atoms with Crippen LogP contribution in [0.15, 0.2) is 35.4 Å². The Morgan fingerprint density at radius 2 is 1.64 bits per heavy atom. The van der Waals surface area contributed by atoms with Crippen LogP contribution in [0.4, 0.5) is 0 Å². The van der Waals surface area contributed by atoms with Gasteiger partial charge in [0.05, 0.1) is 76.7 Å². The van der Waals surface area contributed by atoms with Gasteiger partial charge in [0, 0.05) is 70.2 Å².